The zero-order valence-electron chi connectivity index (χ0n) is 13.3. The van der Waals surface area contributed by atoms with Crippen LogP contribution < -0.4 is 5.43 Å². The summed E-state index contributed by atoms with van der Waals surface area (Å²) in [5, 5.41) is 11.8. The number of aryl methyl sites for hydroxylation is 1. The molecule has 0 aliphatic heterocycles. The van der Waals surface area contributed by atoms with Crippen molar-refractivity contribution in [1.82, 2.24) is 0 Å². The maximum atomic E-state index is 13.1. The first-order chi connectivity index (χ1) is 12.1. The molecule has 0 atom stereocenters. The first-order valence-corrected chi connectivity index (χ1v) is 8.45. The molecule has 0 amide bonds. The van der Waals surface area contributed by atoms with Crippen molar-refractivity contribution in [2.75, 3.05) is 5.43 Å². The molecular weight excluding hydrogens is 371 g/mol. The number of alkyl halides is 3. The minimum Gasteiger partial charge on any atom is -0.351 e. The van der Waals surface area contributed by atoms with Gasteiger partial charge in [0.1, 0.15) is 4.90 Å². The molecule has 0 heterocycles. The average Bonchev–Trinajstić information content (AvgIpc) is 2.58. The molecule has 0 aromatic heterocycles. The molecule has 2 aromatic carbocycles. The lowest BCUT2D eigenvalue weighted by atomic mass is 10.2. The molecule has 1 N–H and O–H groups in total. The number of halogens is 3. The molecule has 0 aliphatic rings. The van der Waals surface area contributed by atoms with Crippen LogP contribution in [0.5, 0.6) is 0 Å². The Labute approximate surface area is 147 Å². The number of benzene rings is 2. The van der Waals surface area contributed by atoms with E-state index in [0.717, 1.165) is 17.7 Å². The van der Waals surface area contributed by atoms with Gasteiger partial charge < -0.3 is 4.18 Å². The fourth-order valence-electron chi connectivity index (χ4n) is 1.76. The third-order valence-electron chi connectivity index (χ3n) is 3.02. The smallest absolute Gasteiger partial charge is 0.351 e. The van der Waals surface area contributed by atoms with Crippen LogP contribution in [0.4, 0.5) is 18.9 Å². The van der Waals surface area contributed by atoms with E-state index in [0.29, 0.717) is 0 Å². The summed E-state index contributed by atoms with van der Waals surface area (Å²) < 4.78 is 67.5. The van der Waals surface area contributed by atoms with Crippen LogP contribution in [0.25, 0.3) is 0 Å². The maximum Gasteiger partial charge on any atom is 0.471 e. The summed E-state index contributed by atoms with van der Waals surface area (Å²) in [5.41, 5.74) is 3.01. The standard InChI is InChI=1S/C16H12F3N3O3S/c1-11-5-7-14(8-6-11)26(23,24)25-15(16(17,18)19)22-21-13-4-2-3-12(9-13)10-20/h2-9,21H,1H3. The van der Waals surface area contributed by atoms with Crippen molar-refractivity contribution >= 4 is 21.7 Å². The molecule has 26 heavy (non-hydrogen) atoms. The second kappa shape index (κ2) is 7.45. The van der Waals surface area contributed by atoms with Gasteiger partial charge >= 0.3 is 22.2 Å². The number of anilines is 1. The van der Waals surface area contributed by atoms with Crippen molar-refractivity contribution in [1.29, 1.82) is 5.26 Å². The van der Waals surface area contributed by atoms with Crippen molar-refractivity contribution in [3.63, 3.8) is 0 Å². The number of nitriles is 1. The third-order valence-corrected chi connectivity index (χ3v) is 4.25. The van der Waals surface area contributed by atoms with Gasteiger partial charge in [-0.3, -0.25) is 5.43 Å². The number of rotatable bonds is 4. The molecule has 2 rings (SSSR count). The van der Waals surface area contributed by atoms with E-state index in [2.05, 4.69) is 9.28 Å². The maximum absolute atomic E-state index is 13.1. The van der Waals surface area contributed by atoms with Crippen LogP contribution in [0.1, 0.15) is 11.1 Å². The minimum atomic E-state index is -5.16. The first kappa shape index (κ1) is 19.3. The molecule has 0 fully saturated rings. The SMILES string of the molecule is Cc1ccc(S(=O)(=O)OC(=NNc2cccc(C#N)c2)C(F)(F)F)cc1. The zero-order chi connectivity index (χ0) is 19.4. The Morgan fingerprint density at radius 2 is 1.85 bits per heavy atom. The lowest BCUT2D eigenvalue weighted by molar-refractivity contribution is -0.0707. The van der Waals surface area contributed by atoms with E-state index in [1.165, 1.54) is 36.4 Å². The molecule has 0 radical (unpaired) electrons. The Morgan fingerprint density at radius 1 is 1.19 bits per heavy atom. The van der Waals surface area contributed by atoms with Crippen LogP contribution in [0.3, 0.4) is 0 Å². The molecule has 136 valence electrons. The second-order valence-electron chi connectivity index (χ2n) is 5.07. The molecule has 0 unspecified atom stereocenters. The number of hydrazone groups is 1. The molecular formula is C16H12F3N3O3S. The normalized spacial score (nSPS) is 12.3. The highest BCUT2D eigenvalue weighted by Crippen LogP contribution is 2.23. The predicted octanol–water partition coefficient (Wildman–Crippen LogP) is 3.56. The highest BCUT2D eigenvalue weighted by atomic mass is 32.2. The van der Waals surface area contributed by atoms with Gasteiger partial charge in [-0.1, -0.05) is 23.8 Å². The lowest BCUT2D eigenvalue weighted by Crippen LogP contribution is -2.29. The van der Waals surface area contributed by atoms with Crippen molar-refractivity contribution in [3.8, 4) is 6.07 Å². The van der Waals surface area contributed by atoms with Crippen molar-refractivity contribution in [3.05, 3.63) is 59.7 Å². The fourth-order valence-corrected chi connectivity index (χ4v) is 2.67. The Hall–Kier alpha value is -3.06. The third kappa shape index (κ3) is 4.97. The van der Waals surface area contributed by atoms with Gasteiger partial charge in [0.2, 0.25) is 0 Å². The van der Waals surface area contributed by atoms with E-state index in [-0.39, 0.29) is 11.3 Å². The molecule has 6 nitrogen and oxygen atoms in total. The second-order valence-corrected chi connectivity index (χ2v) is 6.62. The molecule has 0 saturated carbocycles. The Bertz CT molecular complexity index is 963. The van der Waals surface area contributed by atoms with E-state index in [9.17, 15) is 21.6 Å². The van der Waals surface area contributed by atoms with Crippen LogP contribution >= 0.6 is 0 Å². The molecule has 0 spiro atoms. The van der Waals surface area contributed by atoms with Crippen LogP contribution in [0.15, 0.2) is 58.5 Å². The number of nitrogens with zero attached hydrogens (tertiary/aromatic N) is 2. The average molecular weight is 383 g/mol. The van der Waals surface area contributed by atoms with Crippen molar-refractivity contribution < 1.29 is 25.8 Å². The highest BCUT2D eigenvalue weighted by Gasteiger charge is 2.42. The Balaban J connectivity index is 2.30. The number of nitrogens with one attached hydrogen (secondary N) is 1. The molecule has 2 aromatic rings. The monoisotopic (exact) mass is 383 g/mol. The lowest BCUT2D eigenvalue weighted by Gasteiger charge is -2.12. The van der Waals surface area contributed by atoms with Gasteiger partial charge in [0, 0.05) is 0 Å². The van der Waals surface area contributed by atoms with Crippen LogP contribution in [0, 0.1) is 18.3 Å². The minimum absolute atomic E-state index is 0.0575. The summed E-state index contributed by atoms with van der Waals surface area (Å²) in [7, 11) is -4.72. The number of hydrogen-bond acceptors (Lipinski definition) is 6. The van der Waals surface area contributed by atoms with Crippen LogP contribution in [-0.2, 0) is 14.3 Å². The summed E-state index contributed by atoms with van der Waals surface area (Å²) >= 11 is 0. The summed E-state index contributed by atoms with van der Waals surface area (Å²) in [6, 6.07) is 12.4. The van der Waals surface area contributed by atoms with E-state index in [4.69, 9.17) is 5.26 Å². The molecule has 0 aliphatic carbocycles. The topological polar surface area (TPSA) is 91.6 Å². The van der Waals surface area contributed by atoms with Gasteiger partial charge in [-0.15, -0.1) is 5.10 Å². The van der Waals surface area contributed by atoms with Crippen molar-refractivity contribution in [2.24, 2.45) is 5.10 Å². The van der Waals surface area contributed by atoms with Crippen LogP contribution in [-0.4, -0.2) is 20.5 Å². The summed E-state index contributed by atoms with van der Waals surface area (Å²) in [6.45, 7) is 1.69. The van der Waals surface area contributed by atoms with E-state index in [1.54, 1.807) is 6.92 Å². The van der Waals surface area contributed by atoms with Gasteiger partial charge in [-0.2, -0.15) is 26.9 Å². The van der Waals surface area contributed by atoms with Gasteiger partial charge in [0.25, 0.3) is 0 Å². The Morgan fingerprint density at radius 3 is 2.42 bits per heavy atom. The molecule has 0 bridgehead atoms. The van der Waals surface area contributed by atoms with E-state index in [1.807, 2.05) is 11.5 Å². The van der Waals surface area contributed by atoms with Crippen molar-refractivity contribution in [2.45, 2.75) is 18.0 Å². The van der Waals surface area contributed by atoms with Gasteiger partial charge in [-0.05, 0) is 37.3 Å². The largest absolute Gasteiger partial charge is 0.471 e. The molecule has 0 saturated heterocycles. The van der Waals surface area contributed by atoms with Gasteiger partial charge in [0.05, 0.1) is 17.3 Å². The predicted molar refractivity (Wildman–Crippen MR) is 87.7 cm³/mol. The van der Waals surface area contributed by atoms with Gasteiger partial charge in [0.15, 0.2) is 0 Å². The Kier molecular flexibility index (Phi) is 5.52. The zero-order valence-corrected chi connectivity index (χ0v) is 14.1. The fraction of sp³-hybridized carbons (Fsp3) is 0.125. The summed E-state index contributed by atoms with van der Waals surface area (Å²) in [6.07, 6.45) is -5.16. The quantitative estimate of drug-likeness (QED) is 0.377. The molecule has 10 heteroatoms. The number of hydrogen-bond donors (Lipinski definition) is 1. The van der Waals surface area contributed by atoms with Crippen LogP contribution in [0.2, 0.25) is 0 Å². The highest BCUT2D eigenvalue weighted by molar-refractivity contribution is 7.87. The summed E-state index contributed by atoms with van der Waals surface area (Å²) in [5.74, 6) is -1.99. The first-order valence-electron chi connectivity index (χ1n) is 7.04. The van der Waals surface area contributed by atoms with E-state index >= 15 is 0 Å². The summed E-state index contributed by atoms with van der Waals surface area (Å²) in [4.78, 5) is -0.438. The van der Waals surface area contributed by atoms with E-state index < -0.39 is 27.1 Å². The van der Waals surface area contributed by atoms with Gasteiger partial charge in [-0.25, -0.2) is 0 Å².